The predicted octanol–water partition coefficient (Wildman–Crippen LogP) is 1.16. The fourth-order valence-corrected chi connectivity index (χ4v) is 5.13. The molecule has 0 bridgehead atoms. The molecule has 0 unspecified atom stereocenters. The van der Waals surface area contributed by atoms with Crippen LogP contribution in [0.5, 0.6) is 5.75 Å². The molecule has 10 nitrogen and oxygen atoms in total. The molecule has 1 aliphatic rings. The van der Waals surface area contributed by atoms with Crippen LogP contribution in [0.4, 0.5) is 0 Å². The smallest absolute Gasteiger partial charge is 0.246 e. The van der Waals surface area contributed by atoms with Crippen molar-refractivity contribution in [2.75, 3.05) is 33.4 Å². The predicted molar refractivity (Wildman–Crippen MR) is 119 cm³/mol. The van der Waals surface area contributed by atoms with E-state index >= 15 is 0 Å². The van der Waals surface area contributed by atoms with E-state index < -0.39 is 10.0 Å². The third kappa shape index (κ3) is 5.38. The maximum Gasteiger partial charge on any atom is 0.246 e. The number of rotatable bonds is 8. The quantitative estimate of drug-likeness (QED) is 0.524. The summed E-state index contributed by atoms with van der Waals surface area (Å²) in [6.45, 7) is 1.62. The first-order valence-electron chi connectivity index (χ1n) is 10.4. The standard InChI is InChI=1S/C22H25N5O5S/c1-31-20-7-4-18(12-21(20)33(29,30)26-8-10-32-11-9-26)13-22(28)24-14-17-2-5-19(6-3-17)27-16-23-15-25-27/h2-7,12,15-16H,8-11,13-14H2,1H3,(H,24,28). The van der Waals surface area contributed by atoms with Gasteiger partial charge in [-0.1, -0.05) is 18.2 Å². The van der Waals surface area contributed by atoms with Crippen LogP contribution in [-0.4, -0.2) is 66.8 Å². The first-order valence-corrected chi connectivity index (χ1v) is 11.9. The summed E-state index contributed by atoms with van der Waals surface area (Å²) in [7, 11) is -2.33. The van der Waals surface area contributed by atoms with Crippen molar-refractivity contribution in [2.45, 2.75) is 17.9 Å². The lowest BCUT2D eigenvalue weighted by atomic mass is 10.1. The number of amides is 1. The molecular formula is C22H25N5O5S. The molecule has 1 saturated heterocycles. The molecule has 2 aromatic carbocycles. The average molecular weight is 472 g/mol. The van der Waals surface area contributed by atoms with Crippen molar-refractivity contribution in [3.05, 3.63) is 66.2 Å². The monoisotopic (exact) mass is 471 g/mol. The van der Waals surface area contributed by atoms with E-state index in [2.05, 4.69) is 15.4 Å². The van der Waals surface area contributed by atoms with Gasteiger partial charge in [0.2, 0.25) is 15.9 Å². The van der Waals surface area contributed by atoms with Crippen molar-refractivity contribution in [2.24, 2.45) is 0 Å². The highest BCUT2D eigenvalue weighted by Crippen LogP contribution is 2.28. The Kier molecular flexibility index (Phi) is 7.02. The summed E-state index contributed by atoms with van der Waals surface area (Å²) in [5.74, 6) is 0.0355. The molecule has 1 aromatic heterocycles. The minimum Gasteiger partial charge on any atom is -0.495 e. The molecule has 4 rings (SSSR count). The molecule has 0 aliphatic carbocycles. The van der Waals surface area contributed by atoms with E-state index in [0.29, 0.717) is 25.3 Å². The van der Waals surface area contributed by atoms with Crippen LogP contribution in [0, 0.1) is 0 Å². The lowest BCUT2D eigenvalue weighted by Gasteiger charge is -2.26. The van der Waals surface area contributed by atoms with Crippen molar-refractivity contribution in [1.82, 2.24) is 24.4 Å². The summed E-state index contributed by atoms with van der Waals surface area (Å²) in [5.41, 5.74) is 2.38. The number of hydrogen-bond donors (Lipinski definition) is 1. The third-order valence-corrected chi connectivity index (χ3v) is 7.21. The summed E-state index contributed by atoms with van der Waals surface area (Å²) < 4.78 is 39.8. The molecule has 1 aliphatic heterocycles. The second-order valence-corrected chi connectivity index (χ2v) is 9.37. The van der Waals surface area contributed by atoms with Crippen LogP contribution in [-0.2, 0) is 32.5 Å². The Labute approximate surface area is 192 Å². The Hall–Kier alpha value is -3.28. The highest BCUT2D eigenvalue weighted by molar-refractivity contribution is 7.89. The van der Waals surface area contributed by atoms with Gasteiger partial charge >= 0.3 is 0 Å². The molecular weight excluding hydrogens is 446 g/mol. The Morgan fingerprint density at radius 3 is 2.52 bits per heavy atom. The molecule has 3 aromatic rings. The number of nitrogens with one attached hydrogen (secondary N) is 1. The van der Waals surface area contributed by atoms with Gasteiger partial charge < -0.3 is 14.8 Å². The molecule has 0 atom stereocenters. The molecule has 2 heterocycles. The minimum atomic E-state index is -3.76. The Bertz CT molecular complexity index is 1190. The third-order valence-electron chi connectivity index (χ3n) is 5.29. The van der Waals surface area contributed by atoms with Gasteiger partial charge in [-0.05, 0) is 35.4 Å². The second-order valence-electron chi connectivity index (χ2n) is 7.46. The number of sulfonamides is 1. The van der Waals surface area contributed by atoms with E-state index in [-0.39, 0.29) is 36.1 Å². The van der Waals surface area contributed by atoms with Gasteiger partial charge in [0.25, 0.3) is 0 Å². The number of hydrogen-bond acceptors (Lipinski definition) is 7. The van der Waals surface area contributed by atoms with Crippen molar-refractivity contribution in [3.63, 3.8) is 0 Å². The number of nitrogens with zero attached hydrogens (tertiary/aromatic N) is 4. The lowest BCUT2D eigenvalue weighted by molar-refractivity contribution is -0.120. The van der Waals surface area contributed by atoms with Gasteiger partial charge in [-0.25, -0.2) is 18.1 Å². The minimum absolute atomic E-state index is 0.0483. The van der Waals surface area contributed by atoms with Gasteiger partial charge in [0.1, 0.15) is 23.3 Å². The fraction of sp³-hybridized carbons (Fsp3) is 0.318. The van der Waals surface area contributed by atoms with E-state index in [1.165, 1.54) is 23.8 Å². The van der Waals surface area contributed by atoms with E-state index in [1.807, 2.05) is 24.3 Å². The van der Waals surface area contributed by atoms with Crippen molar-refractivity contribution in [3.8, 4) is 11.4 Å². The number of methoxy groups -OCH3 is 1. The van der Waals surface area contributed by atoms with Crippen molar-refractivity contribution in [1.29, 1.82) is 0 Å². The summed E-state index contributed by atoms with van der Waals surface area (Å²) in [4.78, 5) is 16.5. The SMILES string of the molecule is COc1ccc(CC(=O)NCc2ccc(-n3cncn3)cc2)cc1S(=O)(=O)N1CCOCC1. The molecule has 33 heavy (non-hydrogen) atoms. The molecule has 11 heteroatoms. The van der Waals surface area contributed by atoms with Gasteiger partial charge in [0.15, 0.2) is 0 Å². The molecule has 1 amide bonds. The van der Waals surface area contributed by atoms with Gasteiger partial charge in [0, 0.05) is 19.6 Å². The normalized spacial score (nSPS) is 14.7. The number of carbonyl (C=O) groups is 1. The highest BCUT2D eigenvalue weighted by atomic mass is 32.2. The topological polar surface area (TPSA) is 116 Å². The van der Waals surface area contributed by atoms with Crippen LogP contribution in [0.2, 0.25) is 0 Å². The van der Waals surface area contributed by atoms with E-state index in [1.54, 1.807) is 23.1 Å². The first kappa shape index (κ1) is 22.9. The molecule has 0 spiro atoms. The molecule has 174 valence electrons. The first-order chi connectivity index (χ1) is 16.0. The van der Waals surface area contributed by atoms with Crippen LogP contribution in [0.15, 0.2) is 60.0 Å². The summed E-state index contributed by atoms with van der Waals surface area (Å²) in [5, 5.41) is 6.95. The second kappa shape index (κ2) is 10.1. The van der Waals surface area contributed by atoms with Gasteiger partial charge in [0.05, 0.1) is 32.4 Å². The number of aromatic nitrogens is 3. The molecule has 0 saturated carbocycles. The number of morpholine rings is 1. The van der Waals surface area contributed by atoms with E-state index in [4.69, 9.17) is 9.47 Å². The van der Waals surface area contributed by atoms with Crippen molar-refractivity contribution < 1.29 is 22.7 Å². The summed E-state index contributed by atoms with van der Waals surface area (Å²) in [6.07, 6.45) is 3.12. The zero-order valence-corrected chi connectivity index (χ0v) is 19.0. The fourth-order valence-electron chi connectivity index (χ4n) is 3.52. The highest BCUT2D eigenvalue weighted by Gasteiger charge is 2.29. The van der Waals surface area contributed by atoms with Crippen LogP contribution in [0.25, 0.3) is 5.69 Å². The Balaban J connectivity index is 1.41. The number of ether oxygens (including phenoxy) is 2. The van der Waals surface area contributed by atoms with E-state index in [0.717, 1.165) is 11.3 Å². The van der Waals surface area contributed by atoms with Gasteiger partial charge in [-0.2, -0.15) is 9.40 Å². The Morgan fingerprint density at radius 2 is 1.85 bits per heavy atom. The largest absolute Gasteiger partial charge is 0.495 e. The molecule has 1 fully saturated rings. The average Bonchev–Trinajstić information content (AvgIpc) is 3.39. The number of benzene rings is 2. The zero-order chi connectivity index (χ0) is 23.3. The van der Waals surface area contributed by atoms with E-state index in [9.17, 15) is 13.2 Å². The zero-order valence-electron chi connectivity index (χ0n) is 18.2. The summed E-state index contributed by atoms with van der Waals surface area (Å²) >= 11 is 0. The molecule has 1 N–H and O–H groups in total. The van der Waals surface area contributed by atoms with Crippen LogP contribution < -0.4 is 10.1 Å². The van der Waals surface area contributed by atoms with Crippen LogP contribution in [0.1, 0.15) is 11.1 Å². The number of carbonyl (C=O) groups excluding carboxylic acids is 1. The molecule has 0 radical (unpaired) electrons. The maximum absolute atomic E-state index is 13.1. The van der Waals surface area contributed by atoms with Crippen LogP contribution in [0.3, 0.4) is 0 Å². The van der Waals surface area contributed by atoms with Crippen molar-refractivity contribution >= 4 is 15.9 Å². The summed E-state index contributed by atoms with van der Waals surface area (Å²) in [6, 6.07) is 12.4. The van der Waals surface area contributed by atoms with Gasteiger partial charge in [-0.15, -0.1) is 0 Å². The van der Waals surface area contributed by atoms with Gasteiger partial charge in [-0.3, -0.25) is 4.79 Å². The lowest BCUT2D eigenvalue weighted by Crippen LogP contribution is -2.40. The van der Waals surface area contributed by atoms with Crippen LogP contribution >= 0.6 is 0 Å². The maximum atomic E-state index is 13.1. The Morgan fingerprint density at radius 1 is 1.12 bits per heavy atom.